The Morgan fingerprint density at radius 2 is 2.04 bits per heavy atom. The third-order valence-corrected chi connectivity index (χ3v) is 4.18. The summed E-state index contributed by atoms with van der Waals surface area (Å²) in [5, 5.41) is 12.9. The lowest BCUT2D eigenvalue weighted by Crippen LogP contribution is -2.15. The molecule has 1 atom stereocenters. The maximum atomic E-state index is 12.1. The van der Waals surface area contributed by atoms with Gasteiger partial charge in [0.15, 0.2) is 11.5 Å². The Kier molecular flexibility index (Phi) is 3.78. The highest BCUT2D eigenvalue weighted by Crippen LogP contribution is 2.40. The Labute approximate surface area is 139 Å². The number of carbonyl (C=O) groups is 1. The molecule has 4 rings (SSSR count). The van der Waals surface area contributed by atoms with E-state index in [2.05, 4.69) is 10.3 Å². The topological polar surface area (TPSA) is 75.4 Å². The number of hydrogen-bond donors (Lipinski definition) is 2. The molecule has 2 N–H and O–H groups in total. The number of nitrogens with one attached hydrogen (secondary N) is 1. The molecule has 0 radical (unpaired) electrons. The van der Waals surface area contributed by atoms with Gasteiger partial charge in [0.1, 0.15) is 5.52 Å². The van der Waals surface area contributed by atoms with E-state index in [4.69, 9.17) is 4.42 Å². The lowest BCUT2D eigenvalue weighted by molar-refractivity contribution is -0.118. The van der Waals surface area contributed by atoms with Crippen LogP contribution in [0.1, 0.15) is 42.7 Å². The molecule has 1 heterocycles. The van der Waals surface area contributed by atoms with E-state index < -0.39 is 6.10 Å². The fraction of sp³-hybridized carbons (Fsp3) is 0.263. The minimum atomic E-state index is -0.816. The van der Waals surface area contributed by atoms with E-state index in [1.165, 1.54) is 0 Å². The number of anilines is 1. The van der Waals surface area contributed by atoms with Crippen LogP contribution >= 0.6 is 0 Å². The lowest BCUT2D eigenvalue weighted by atomic mass is 10.1. The predicted octanol–water partition coefficient (Wildman–Crippen LogP) is 3.77. The van der Waals surface area contributed by atoms with E-state index in [1.54, 1.807) is 24.3 Å². The molecule has 24 heavy (non-hydrogen) atoms. The number of oxazole rings is 1. The number of carbonyl (C=O) groups excluding carboxylic acids is 1. The maximum Gasteiger partial charge on any atom is 0.227 e. The molecule has 1 aliphatic rings. The molecule has 122 valence electrons. The van der Waals surface area contributed by atoms with Gasteiger partial charge in [-0.1, -0.05) is 30.3 Å². The van der Waals surface area contributed by atoms with Crippen molar-refractivity contribution in [2.75, 3.05) is 5.32 Å². The molecule has 1 amide bonds. The zero-order chi connectivity index (χ0) is 16.5. The van der Waals surface area contributed by atoms with Crippen LogP contribution in [0.3, 0.4) is 0 Å². The fourth-order valence-corrected chi connectivity index (χ4v) is 2.71. The second-order valence-corrected chi connectivity index (χ2v) is 6.19. The Bertz CT molecular complexity index is 869. The zero-order valence-electron chi connectivity index (χ0n) is 13.1. The number of aromatic nitrogens is 1. The number of amides is 1. The normalized spacial score (nSPS) is 15.4. The first-order valence-corrected chi connectivity index (χ1v) is 8.12. The third kappa shape index (κ3) is 3.16. The van der Waals surface area contributed by atoms with Crippen LogP contribution < -0.4 is 5.32 Å². The molecular weight excluding hydrogens is 304 g/mol. The van der Waals surface area contributed by atoms with E-state index in [-0.39, 0.29) is 12.3 Å². The van der Waals surface area contributed by atoms with Crippen LogP contribution in [0.15, 0.2) is 52.9 Å². The first-order chi connectivity index (χ1) is 11.7. The van der Waals surface area contributed by atoms with E-state index in [0.29, 0.717) is 11.6 Å². The van der Waals surface area contributed by atoms with Crippen molar-refractivity contribution in [1.29, 1.82) is 0 Å². The average molecular weight is 322 g/mol. The highest BCUT2D eigenvalue weighted by molar-refractivity contribution is 5.93. The van der Waals surface area contributed by atoms with Gasteiger partial charge in [0.25, 0.3) is 0 Å². The number of rotatable bonds is 5. The summed E-state index contributed by atoms with van der Waals surface area (Å²) in [6.07, 6.45) is 1.46. The van der Waals surface area contributed by atoms with Gasteiger partial charge < -0.3 is 14.8 Å². The van der Waals surface area contributed by atoms with Crippen LogP contribution in [-0.4, -0.2) is 16.0 Å². The SMILES string of the molecule is O=C(CC(O)c1ccccc1)Nc1ccc2oc(C3CC3)nc2c1. The molecule has 1 aliphatic carbocycles. The van der Waals surface area contributed by atoms with Crippen molar-refractivity contribution in [3.05, 3.63) is 60.0 Å². The monoisotopic (exact) mass is 322 g/mol. The van der Waals surface area contributed by atoms with Crippen molar-refractivity contribution in [2.24, 2.45) is 0 Å². The highest BCUT2D eigenvalue weighted by atomic mass is 16.3. The molecule has 1 aromatic heterocycles. The zero-order valence-corrected chi connectivity index (χ0v) is 13.1. The second kappa shape index (κ2) is 6.09. The fourth-order valence-electron chi connectivity index (χ4n) is 2.71. The van der Waals surface area contributed by atoms with E-state index >= 15 is 0 Å². The molecule has 0 aliphatic heterocycles. The molecule has 3 aromatic rings. The summed E-state index contributed by atoms with van der Waals surface area (Å²) in [5.74, 6) is 1.00. The number of nitrogens with zero attached hydrogens (tertiary/aromatic N) is 1. The standard InChI is InChI=1S/C19H18N2O3/c22-16(12-4-2-1-3-5-12)11-18(23)20-14-8-9-17-15(10-14)21-19(24-17)13-6-7-13/h1-5,8-10,13,16,22H,6-7,11H2,(H,20,23). The molecular formula is C19H18N2O3. The van der Waals surface area contributed by atoms with E-state index in [0.717, 1.165) is 35.4 Å². The summed E-state index contributed by atoms with van der Waals surface area (Å²) in [4.78, 5) is 16.6. The average Bonchev–Trinajstić information content (AvgIpc) is 3.35. The predicted molar refractivity (Wildman–Crippen MR) is 90.6 cm³/mol. The van der Waals surface area contributed by atoms with Crippen molar-refractivity contribution in [1.82, 2.24) is 4.98 Å². The molecule has 1 unspecified atom stereocenters. The van der Waals surface area contributed by atoms with Crippen molar-refractivity contribution in [3.63, 3.8) is 0 Å². The number of fused-ring (bicyclic) bond motifs is 1. The van der Waals surface area contributed by atoms with Crippen LogP contribution in [0.5, 0.6) is 0 Å². The van der Waals surface area contributed by atoms with Gasteiger partial charge >= 0.3 is 0 Å². The van der Waals surface area contributed by atoms with Crippen LogP contribution in [0.25, 0.3) is 11.1 Å². The van der Waals surface area contributed by atoms with Gasteiger partial charge in [-0.05, 0) is 36.6 Å². The number of hydrogen-bond acceptors (Lipinski definition) is 4. The summed E-state index contributed by atoms with van der Waals surface area (Å²) in [7, 11) is 0. The van der Waals surface area contributed by atoms with Gasteiger partial charge in [-0.2, -0.15) is 0 Å². The summed E-state index contributed by atoms with van der Waals surface area (Å²) >= 11 is 0. The van der Waals surface area contributed by atoms with Crippen molar-refractivity contribution >= 4 is 22.7 Å². The van der Waals surface area contributed by atoms with E-state index in [9.17, 15) is 9.90 Å². The molecule has 1 saturated carbocycles. The van der Waals surface area contributed by atoms with Gasteiger partial charge in [-0.3, -0.25) is 4.79 Å². The summed E-state index contributed by atoms with van der Waals surface area (Å²) in [5.41, 5.74) is 2.87. The Hall–Kier alpha value is -2.66. The minimum Gasteiger partial charge on any atom is -0.440 e. The van der Waals surface area contributed by atoms with Crippen LogP contribution in [0, 0.1) is 0 Å². The number of benzene rings is 2. The first kappa shape index (κ1) is 14.9. The Morgan fingerprint density at radius 1 is 1.25 bits per heavy atom. The quantitative estimate of drug-likeness (QED) is 0.750. The molecule has 0 bridgehead atoms. The van der Waals surface area contributed by atoms with Gasteiger partial charge in [-0.25, -0.2) is 4.98 Å². The van der Waals surface area contributed by atoms with Crippen LogP contribution in [0.4, 0.5) is 5.69 Å². The van der Waals surface area contributed by atoms with Crippen LogP contribution in [-0.2, 0) is 4.79 Å². The highest BCUT2D eigenvalue weighted by Gasteiger charge is 2.28. The Morgan fingerprint density at radius 3 is 2.79 bits per heavy atom. The van der Waals surface area contributed by atoms with Crippen molar-refractivity contribution in [3.8, 4) is 0 Å². The Balaban J connectivity index is 1.44. The van der Waals surface area contributed by atoms with Gasteiger partial charge in [0.2, 0.25) is 5.91 Å². The lowest BCUT2D eigenvalue weighted by Gasteiger charge is -2.11. The summed E-state index contributed by atoms with van der Waals surface area (Å²) in [6, 6.07) is 14.6. The molecule has 5 nitrogen and oxygen atoms in total. The van der Waals surface area contributed by atoms with Gasteiger partial charge in [0.05, 0.1) is 12.5 Å². The number of aliphatic hydroxyl groups excluding tert-OH is 1. The third-order valence-electron chi connectivity index (χ3n) is 4.18. The second-order valence-electron chi connectivity index (χ2n) is 6.19. The van der Waals surface area contributed by atoms with Crippen LogP contribution in [0.2, 0.25) is 0 Å². The molecule has 1 fully saturated rings. The van der Waals surface area contributed by atoms with Crippen molar-refractivity contribution in [2.45, 2.75) is 31.3 Å². The summed E-state index contributed by atoms with van der Waals surface area (Å²) in [6.45, 7) is 0. The minimum absolute atomic E-state index is 0.00813. The molecule has 2 aromatic carbocycles. The summed E-state index contributed by atoms with van der Waals surface area (Å²) < 4.78 is 5.71. The van der Waals surface area contributed by atoms with Gasteiger partial charge in [-0.15, -0.1) is 0 Å². The largest absolute Gasteiger partial charge is 0.440 e. The smallest absolute Gasteiger partial charge is 0.227 e. The molecule has 0 saturated heterocycles. The van der Waals surface area contributed by atoms with E-state index in [1.807, 2.05) is 24.3 Å². The molecule has 0 spiro atoms. The van der Waals surface area contributed by atoms with Crippen molar-refractivity contribution < 1.29 is 14.3 Å². The maximum absolute atomic E-state index is 12.1. The molecule has 5 heteroatoms. The number of aliphatic hydroxyl groups is 1. The van der Waals surface area contributed by atoms with Gasteiger partial charge in [0, 0.05) is 11.6 Å². The first-order valence-electron chi connectivity index (χ1n) is 8.12.